The second kappa shape index (κ2) is 6.15. The summed E-state index contributed by atoms with van der Waals surface area (Å²) in [6, 6.07) is 3.75. The number of carbonyl (C=O) groups excluding carboxylic acids is 2. The monoisotopic (exact) mass is 300 g/mol. The Balaban J connectivity index is 2.08. The highest BCUT2D eigenvalue weighted by molar-refractivity contribution is 5.85. The third kappa shape index (κ3) is 3.53. The van der Waals surface area contributed by atoms with E-state index in [1.807, 2.05) is 0 Å². The van der Waals surface area contributed by atoms with Gasteiger partial charge in [0.2, 0.25) is 5.91 Å². The molecule has 1 fully saturated rings. The molecule has 1 unspecified atom stereocenters. The van der Waals surface area contributed by atoms with Gasteiger partial charge in [0.15, 0.2) is 0 Å². The van der Waals surface area contributed by atoms with Crippen molar-refractivity contribution in [3.63, 3.8) is 0 Å². The van der Waals surface area contributed by atoms with Gasteiger partial charge in [-0.25, -0.2) is 4.39 Å². The average molecular weight is 300 g/mol. The van der Waals surface area contributed by atoms with Crippen molar-refractivity contribution in [3.8, 4) is 0 Å². The zero-order valence-electron chi connectivity index (χ0n) is 11.2. The maximum atomic E-state index is 14.0. The second-order valence-corrected chi connectivity index (χ2v) is 4.90. The van der Waals surface area contributed by atoms with Crippen LogP contribution in [0.1, 0.15) is 24.8 Å². The van der Waals surface area contributed by atoms with Gasteiger partial charge in [0.05, 0.1) is 5.56 Å². The van der Waals surface area contributed by atoms with Crippen LogP contribution in [0, 0.1) is 5.82 Å². The summed E-state index contributed by atoms with van der Waals surface area (Å²) in [5, 5.41) is 4.79. The number of hydrogen-bond donors (Lipinski definition) is 2. The first kappa shape index (κ1) is 15.3. The maximum absolute atomic E-state index is 14.0. The van der Waals surface area contributed by atoms with Crippen molar-refractivity contribution >= 4 is 11.8 Å². The van der Waals surface area contributed by atoms with Gasteiger partial charge in [-0.15, -0.1) is 0 Å². The standard InChI is InChI=1S/C14H15F3N2O2/c15-11-4-2-1-3-10(11)14(16,17)13(21)19-9-5-6-12(20)18-8-7-9/h1-4,9H,5-8H2,(H,18,20)(H,19,21). The number of carbonyl (C=O) groups is 2. The van der Waals surface area contributed by atoms with Crippen LogP contribution in [-0.2, 0) is 15.5 Å². The Hall–Kier alpha value is -2.05. The minimum absolute atomic E-state index is 0.163. The number of nitrogens with one attached hydrogen (secondary N) is 2. The molecule has 7 heteroatoms. The van der Waals surface area contributed by atoms with E-state index < -0.39 is 29.3 Å². The Bertz CT molecular complexity index is 549. The molecule has 114 valence electrons. The fourth-order valence-electron chi connectivity index (χ4n) is 2.18. The molecule has 0 spiro atoms. The zero-order valence-corrected chi connectivity index (χ0v) is 11.2. The number of halogens is 3. The first-order valence-corrected chi connectivity index (χ1v) is 6.61. The summed E-state index contributed by atoms with van der Waals surface area (Å²) in [7, 11) is 0. The van der Waals surface area contributed by atoms with Gasteiger partial charge in [0.1, 0.15) is 5.82 Å². The lowest BCUT2D eigenvalue weighted by Crippen LogP contribution is -2.44. The zero-order chi connectivity index (χ0) is 15.5. The number of rotatable bonds is 3. The van der Waals surface area contributed by atoms with E-state index in [1.165, 1.54) is 12.1 Å². The second-order valence-electron chi connectivity index (χ2n) is 4.90. The van der Waals surface area contributed by atoms with E-state index in [0.29, 0.717) is 13.0 Å². The van der Waals surface area contributed by atoms with Gasteiger partial charge in [-0.2, -0.15) is 8.78 Å². The quantitative estimate of drug-likeness (QED) is 0.892. The Morgan fingerprint density at radius 1 is 1.29 bits per heavy atom. The van der Waals surface area contributed by atoms with Crippen molar-refractivity contribution in [3.05, 3.63) is 35.6 Å². The molecule has 1 saturated heterocycles. The number of amides is 2. The lowest BCUT2D eigenvalue weighted by Gasteiger charge is -2.21. The molecule has 0 aromatic heterocycles. The van der Waals surface area contributed by atoms with Crippen LogP contribution in [0.2, 0.25) is 0 Å². The van der Waals surface area contributed by atoms with E-state index in [4.69, 9.17) is 0 Å². The summed E-state index contributed by atoms with van der Waals surface area (Å²) in [5.41, 5.74) is -0.953. The Morgan fingerprint density at radius 3 is 2.71 bits per heavy atom. The van der Waals surface area contributed by atoms with Crippen molar-refractivity contribution in [2.24, 2.45) is 0 Å². The van der Waals surface area contributed by atoms with Gasteiger partial charge in [0.25, 0.3) is 5.91 Å². The van der Waals surface area contributed by atoms with Crippen LogP contribution < -0.4 is 10.6 Å². The Morgan fingerprint density at radius 2 is 2.00 bits per heavy atom. The predicted molar refractivity (Wildman–Crippen MR) is 69.1 cm³/mol. The van der Waals surface area contributed by atoms with E-state index in [-0.39, 0.29) is 18.7 Å². The molecule has 4 nitrogen and oxygen atoms in total. The third-order valence-electron chi connectivity index (χ3n) is 3.37. The predicted octanol–water partition coefficient (Wildman–Crippen LogP) is 1.70. The van der Waals surface area contributed by atoms with E-state index in [1.54, 1.807) is 0 Å². The van der Waals surface area contributed by atoms with Gasteiger partial charge in [-0.1, -0.05) is 12.1 Å². The normalized spacial score (nSPS) is 19.6. The van der Waals surface area contributed by atoms with Crippen LogP contribution in [0.15, 0.2) is 24.3 Å². The van der Waals surface area contributed by atoms with Crippen molar-refractivity contribution in [1.82, 2.24) is 10.6 Å². The molecule has 2 rings (SSSR count). The molecule has 0 saturated carbocycles. The molecule has 2 N–H and O–H groups in total. The highest BCUT2D eigenvalue weighted by atomic mass is 19.3. The molecule has 1 aliphatic rings. The molecule has 21 heavy (non-hydrogen) atoms. The van der Waals surface area contributed by atoms with Crippen molar-refractivity contribution < 1.29 is 22.8 Å². The van der Waals surface area contributed by atoms with Gasteiger partial charge in [-0.3, -0.25) is 9.59 Å². The summed E-state index contributed by atoms with van der Waals surface area (Å²) in [6.07, 6.45) is 0.811. The van der Waals surface area contributed by atoms with E-state index in [9.17, 15) is 22.8 Å². The van der Waals surface area contributed by atoms with Crippen molar-refractivity contribution in [1.29, 1.82) is 0 Å². The molecule has 0 radical (unpaired) electrons. The SMILES string of the molecule is O=C1CCC(NC(=O)C(F)(F)c2ccccc2F)CCN1. The number of alkyl halides is 2. The molecule has 1 aromatic rings. The fourth-order valence-corrected chi connectivity index (χ4v) is 2.18. The largest absolute Gasteiger partial charge is 0.356 e. The molecule has 1 aromatic carbocycles. The van der Waals surface area contributed by atoms with Crippen molar-refractivity contribution in [2.75, 3.05) is 6.54 Å². The first-order valence-electron chi connectivity index (χ1n) is 6.61. The van der Waals surface area contributed by atoms with Gasteiger partial charge < -0.3 is 10.6 Å². The Labute approximate surface area is 119 Å². The molecule has 1 heterocycles. The highest BCUT2D eigenvalue weighted by Crippen LogP contribution is 2.30. The van der Waals surface area contributed by atoms with Crippen LogP contribution in [0.3, 0.4) is 0 Å². The van der Waals surface area contributed by atoms with Crippen LogP contribution >= 0.6 is 0 Å². The molecular weight excluding hydrogens is 285 g/mol. The number of benzene rings is 1. The summed E-state index contributed by atoms with van der Waals surface area (Å²) in [4.78, 5) is 22.9. The molecule has 2 amide bonds. The highest BCUT2D eigenvalue weighted by Gasteiger charge is 2.43. The molecule has 1 atom stereocenters. The summed E-state index contributed by atoms with van der Waals surface area (Å²) in [6.45, 7) is 0.315. The molecule has 0 bridgehead atoms. The summed E-state index contributed by atoms with van der Waals surface area (Å²) in [5.74, 6) is -6.80. The topological polar surface area (TPSA) is 58.2 Å². The minimum atomic E-state index is -3.95. The van der Waals surface area contributed by atoms with Crippen LogP contribution in [0.4, 0.5) is 13.2 Å². The number of hydrogen-bond acceptors (Lipinski definition) is 2. The summed E-state index contributed by atoms with van der Waals surface area (Å²) < 4.78 is 41.4. The smallest absolute Gasteiger partial charge is 0.352 e. The summed E-state index contributed by atoms with van der Waals surface area (Å²) >= 11 is 0. The molecular formula is C14H15F3N2O2. The lowest BCUT2D eigenvalue weighted by atomic mass is 10.0. The lowest BCUT2D eigenvalue weighted by molar-refractivity contribution is -0.148. The van der Waals surface area contributed by atoms with E-state index in [0.717, 1.165) is 12.1 Å². The van der Waals surface area contributed by atoms with Crippen molar-refractivity contribution in [2.45, 2.75) is 31.2 Å². The Kier molecular flexibility index (Phi) is 4.50. The minimum Gasteiger partial charge on any atom is -0.356 e. The van der Waals surface area contributed by atoms with Gasteiger partial charge >= 0.3 is 5.92 Å². The molecule has 0 aliphatic carbocycles. The van der Waals surface area contributed by atoms with Gasteiger partial charge in [-0.05, 0) is 25.0 Å². The molecule has 1 aliphatic heterocycles. The maximum Gasteiger partial charge on any atom is 0.352 e. The first-order chi connectivity index (χ1) is 9.91. The van der Waals surface area contributed by atoms with E-state index >= 15 is 0 Å². The van der Waals surface area contributed by atoms with Crippen LogP contribution in [0.25, 0.3) is 0 Å². The van der Waals surface area contributed by atoms with E-state index in [2.05, 4.69) is 10.6 Å². The third-order valence-corrected chi connectivity index (χ3v) is 3.37. The fraction of sp³-hybridized carbons (Fsp3) is 0.429. The van der Waals surface area contributed by atoms with Gasteiger partial charge in [0, 0.05) is 19.0 Å². The average Bonchev–Trinajstić information content (AvgIpc) is 2.64. The van der Waals surface area contributed by atoms with Crippen LogP contribution in [-0.4, -0.2) is 24.4 Å². The van der Waals surface area contributed by atoms with Crippen LogP contribution in [0.5, 0.6) is 0 Å².